The number of fused-ring (bicyclic) bond motifs is 1. The van der Waals surface area contributed by atoms with Crippen molar-refractivity contribution in [1.29, 1.82) is 0 Å². The van der Waals surface area contributed by atoms with E-state index in [9.17, 15) is 4.79 Å². The molecule has 2 heterocycles. The molecule has 0 aliphatic carbocycles. The summed E-state index contributed by atoms with van der Waals surface area (Å²) in [5.74, 6) is 0.129. The van der Waals surface area contributed by atoms with Crippen LogP contribution in [0, 0.1) is 0 Å². The third kappa shape index (κ3) is 1.56. The number of hydrogen-bond acceptors (Lipinski definition) is 4. The maximum atomic E-state index is 11.3. The second kappa shape index (κ2) is 3.34. The molecule has 2 rings (SSSR count). The molecule has 0 saturated heterocycles. The summed E-state index contributed by atoms with van der Waals surface area (Å²) in [4.78, 5) is 15.2. The Bertz CT molecular complexity index is 517. The quantitative estimate of drug-likeness (QED) is 0.792. The summed E-state index contributed by atoms with van der Waals surface area (Å²) in [5, 5.41) is 4.07. The Balaban J connectivity index is 2.61. The van der Waals surface area contributed by atoms with E-state index >= 15 is 0 Å². The Morgan fingerprint density at radius 1 is 1.53 bits per heavy atom. The highest BCUT2D eigenvalue weighted by molar-refractivity contribution is 5.82. The van der Waals surface area contributed by atoms with Crippen LogP contribution in [0.4, 0.5) is 5.95 Å². The molecule has 0 bridgehead atoms. The van der Waals surface area contributed by atoms with E-state index in [4.69, 9.17) is 5.73 Å². The molecule has 5 heteroatoms. The van der Waals surface area contributed by atoms with Gasteiger partial charge in [0, 0.05) is 0 Å². The second-order valence-corrected chi connectivity index (χ2v) is 3.54. The van der Waals surface area contributed by atoms with Crippen molar-refractivity contribution in [3.8, 4) is 0 Å². The molecule has 0 amide bonds. The lowest BCUT2D eigenvalue weighted by Gasteiger charge is -2.07. The van der Waals surface area contributed by atoms with Crippen molar-refractivity contribution < 1.29 is 4.79 Å². The topological polar surface area (TPSA) is 73.3 Å². The first-order valence-electron chi connectivity index (χ1n) is 4.70. The molecule has 5 nitrogen and oxygen atoms in total. The largest absolute Gasteiger partial charge is 0.367 e. The highest BCUT2D eigenvalue weighted by atomic mass is 16.1. The first kappa shape index (κ1) is 9.64. The van der Waals surface area contributed by atoms with Crippen LogP contribution in [-0.4, -0.2) is 20.4 Å². The minimum Gasteiger partial charge on any atom is -0.367 e. The number of nitrogens with two attached hydrogens (primary N) is 1. The summed E-state index contributed by atoms with van der Waals surface area (Å²) in [6, 6.07) is 3.74. The van der Waals surface area contributed by atoms with Crippen LogP contribution in [0.25, 0.3) is 5.52 Å². The summed E-state index contributed by atoms with van der Waals surface area (Å²) < 4.78 is 1.66. The number of nitrogens with zero attached hydrogens (tertiary/aromatic N) is 3. The number of nitrogen functional groups attached to an aromatic ring is 1. The van der Waals surface area contributed by atoms with Crippen molar-refractivity contribution in [3.63, 3.8) is 0 Å². The molecule has 0 aliphatic heterocycles. The Kier molecular flexibility index (Phi) is 2.15. The van der Waals surface area contributed by atoms with E-state index in [1.807, 2.05) is 19.1 Å². The Morgan fingerprint density at radius 3 is 2.93 bits per heavy atom. The van der Waals surface area contributed by atoms with E-state index in [0.717, 1.165) is 11.2 Å². The van der Waals surface area contributed by atoms with Gasteiger partial charge < -0.3 is 5.73 Å². The first-order chi connectivity index (χ1) is 7.09. The average molecular weight is 204 g/mol. The predicted molar refractivity (Wildman–Crippen MR) is 56.5 cm³/mol. The van der Waals surface area contributed by atoms with Crippen LogP contribution in [0.5, 0.6) is 0 Å². The lowest BCUT2D eigenvalue weighted by Crippen LogP contribution is -2.10. The molecular weight excluding hydrogens is 192 g/mol. The van der Waals surface area contributed by atoms with Crippen molar-refractivity contribution in [3.05, 3.63) is 24.0 Å². The van der Waals surface area contributed by atoms with Crippen molar-refractivity contribution in [2.45, 2.75) is 19.8 Å². The van der Waals surface area contributed by atoms with Crippen LogP contribution < -0.4 is 5.73 Å². The van der Waals surface area contributed by atoms with Gasteiger partial charge in [0.25, 0.3) is 0 Å². The first-order valence-corrected chi connectivity index (χ1v) is 4.70. The summed E-state index contributed by atoms with van der Waals surface area (Å²) in [7, 11) is 0. The smallest absolute Gasteiger partial charge is 0.238 e. The van der Waals surface area contributed by atoms with Crippen molar-refractivity contribution in [2.75, 3.05) is 5.73 Å². The number of ketones is 1. The van der Waals surface area contributed by atoms with Crippen LogP contribution in [0.15, 0.2) is 18.3 Å². The normalized spacial score (nSPS) is 12.9. The monoisotopic (exact) mass is 204 g/mol. The number of carbonyl (C=O) groups excluding carboxylic acids is 1. The number of aromatic nitrogens is 3. The molecule has 1 atom stereocenters. The fourth-order valence-corrected chi connectivity index (χ4v) is 1.47. The molecule has 0 spiro atoms. The summed E-state index contributed by atoms with van der Waals surface area (Å²) in [5.41, 5.74) is 7.18. The molecular formula is C10H12N4O. The maximum Gasteiger partial charge on any atom is 0.238 e. The van der Waals surface area contributed by atoms with Crippen LogP contribution in [0.1, 0.15) is 25.5 Å². The van der Waals surface area contributed by atoms with Gasteiger partial charge in [0.15, 0.2) is 0 Å². The Morgan fingerprint density at radius 2 is 2.27 bits per heavy atom. The second-order valence-electron chi connectivity index (χ2n) is 3.54. The van der Waals surface area contributed by atoms with Crippen molar-refractivity contribution in [1.82, 2.24) is 14.6 Å². The van der Waals surface area contributed by atoms with Gasteiger partial charge in [-0.2, -0.15) is 0 Å². The van der Waals surface area contributed by atoms with Crippen molar-refractivity contribution in [2.24, 2.45) is 0 Å². The SMILES string of the molecule is CC(=O)C(C)c1ccc2cnc(N)nn12. The third-order valence-electron chi connectivity index (χ3n) is 2.50. The zero-order chi connectivity index (χ0) is 11.0. The lowest BCUT2D eigenvalue weighted by molar-refractivity contribution is -0.118. The molecule has 0 radical (unpaired) electrons. The van der Waals surface area contributed by atoms with Crippen molar-refractivity contribution >= 4 is 17.2 Å². The molecule has 78 valence electrons. The molecule has 15 heavy (non-hydrogen) atoms. The summed E-state index contributed by atoms with van der Waals surface area (Å²) >= 11 is 0. The molecule has 2 aromatic rings. The summed E-state index contributed by atoms with van der Waals surface area (Å²) in [6.45, 7) is 3.41. The molecule has 2 aromatic heterocycles. The number of rotatable bonds is 2. The van der Waals surface area contributed by atoms with Gasteiger partial charge in [0.05, 0.1) is 23.3 Å². The van der Waals surface area contributed by atoms with Gasteiger partial charge in [-0.25, -0.2) is 9.50 Å². The maximum absolute atomic E-state index is 11.3. The zero-order valence-corrected chi connectivity index (χ0v) is 8.64. The van der Waals surface area contributed by atoms with E-state index in [2.05, 4.69) is 10.1 Å². The average Bonchev–Trinajstić information content (AvgIpc) is 2.59. The molecule has 0 aliphatic rings. The third-order valence-corrected chi connectivity index (χ3v) is 2.50. The van der Waals surface area contributed by atoms with E-state index < -0.39 is 0 Å². The number of anilines is 1. The minimum atomic E-state index is -0.179. The van der Waals surface area contributed by atoms with Gasteiger partial charge >= 0.3 is 0 Å². The lowest BCUT2D eigenvalue weighted by atomic mass is 10.0. The van der Waals surface area contributed by atoms with Crippen LogP contribution in [0.3, 0.4) is 0 Å². The van der Waals surface area contributed by atoms with Gasteiger partial charge in [0.1, 0.15) is 5.78 Å². The van der Waals surface area contributed by atoms with E-state index in [0.29, 0.717) is 0 Å². The highest BCUT2D eigenvalue weighted by Gasteiger charge is 2.15. The van der Waals surface area contributed by atoms with Crippen LogP contribution >= 0.6 is 0 Å². The van der Waals surface area contributed by atoms with Gasteiger partial charge in [-0.1, -0.05) is 0 Å². The zero-order valence-electron chi connectivity index (χ0n) is 8.64. The molecule has 2 N–H and O–H groups in total. The highest BCUT2D eigenvalue weighted by Crippen LogP contribution is 2.18. The van der Waals surface area contributed by atoms with E-state index in [1.165, 1.54) is 0 Å². The van der Waals surface area contributed by atoms with Gasteiger partial charge in [-0.05, 0) is 26.0 Å². The van der Waals surface area contributed by atoms with Gasteiger partial charge in [-0.3, -0.25) is 4.79 Å². The standard InChI is InChI=1S/C10H12N4O/c1-6(7(2)15)9-4-3-8-5-12-10(11)13-14(8)9/h3-6H,1-2H3,(H2,11,13). The number of carbonyl (C=O) groups is 1. The Hall–Kier alpha value is -1.91. The summed E-state index contributed by atoms with van der Waals surface area (Å²) in [6.07, 6.45) is 1.64. The predicted octanol–water partition coefficient (Wildman–Crippen LogP) is 1.00. The minimum absolute atomic E-state index is 0.104. The molecule has 0 fully saturated rings. The number of Topliss-reactive ketones (excluding diaryl/α,β-unsaturated/α-hetero) is 1. The Labute approximate surface area is 86.9 Å². The van der Waals surface area contributed by atoms with Crippen LogP contribution in [0.2, 0.25) is 0 Å². The molecule has 0 aromatic carbocycles. The fraction of sp³-hybridized carbons (Fsp3) is 0.300. The number of hydrogen-bond donors (Lipinski definition) is 1. The van der Waals surface area contributed by atoms with E-state index in [1.54, 1.807) is 17.6 Å². The molecule has 0 saturated carbocycles. The fourth-order valence-electron chi connectivity index (χ4n) is 1.47. The molecule has 1 unspecified atom stereocenters. The van der Waals surface area contributed by atoms with Gasteiger partial charge in [0.2, 0.25) is 5.95 Å². The van der Waals surface area contributed by atoms with E-state index in [-0.39, 0.29) is 17.6 Å². The van der Waals surface area contributed by atoms with Gasteiger partial charge in [-0.15, -0.1) is 5.10 Å². The van der Waals surface area contributed by atoms with Crippen LogP contribution in [-0.2, 0) is 4.79 Å².